The van der Waals surface area contributed by atoms with Gasteiger partial charge in [0.25, 0.3) is 0 Å². The summed E-state index contributed by atoms with van der Waals surface area (Å²) in [6.07, 6.45) is 6.45. The molecule has 1 aliphatic heterocycles. The van der Waals surface area contributed by atoms with Crippen LogP contribution in [0.5, 0.6) is 0 Å². The van der Waals surface area contributed by atoms with Crippen molar-refractivity contribution in [2.24, 2.45) is 0 Å². The summed E-state index contributed by atoms with van der Waals surface area (Å²) in [7, 11) is 0.919. The van der Waals surface area contributed by atoms with E-state index in [1.165, 1.54) is 12.8 Å². The minimum absolute atomic E-state index is 0.0689. The van der Waals surface area contributed by atoms with Crippen LogP contribution in [0.2, 0.25) is 0 Å². The van der Waals surface area contributed by atoms with E-state index in [9.17, 15) is 0 Å². The van der Waals surface area contributed by atoms with Crippen LogP contribution in [0.25, 0.3) is 0 Å². The molecule has 0 saturated carbocycles. The summed E-state index contributed by atoms with van der Waals surface area (Å²) in [5.74, 6) is 0. The lowest BCUT2D eigenvalue weighted by Gasteiger charge is -2.37. The van der Waals surface area contributed by atoms with Gasteiger partial charge in [0, 0.05) is 13.2 Å². The van der Waals surface area contributed by atoms with E-state index in [0.29, 0.717) is 0 Å². The van der Waals surface area contributed by atoms with Crippen molar-refractivity contribution in [1.29, 1.82) is 0 Å². The summed E-state index contributed by atoms with van der Waals surface area (Å²) >= 11 is 0. The molecule has 0 aromatic heterocycles. The highest BCUT2D eigenvalue weighted by Crippen LogP contribution is 2.25. The highest BCUT2D eigenvalue weighted by atomic mass is 28.1. The second kappa shape index (κ2) is 7.43. The molecule has 4 heteroatoms. The van der Waals surface area contributed by atoms with Gasteiger partial charge in [0.05, 0.1) is 10.2 Å². The summed E-state index contributed by atoms with van der Waals surface area (Å²) in [4.78, 5) is 0. The summed E-state index contributed by atoms with van der Waals surface area (Å²) in [5.41, 5.74) is -0.286. The highest BCUT2D eigenvalue weighted by molar-refractivity contribution is 6.13. The zero-order valence-electron chi connectivity index (χ0n) is 11.0. The zero-order chi connectivity index (χ0) is 11.9. The van der Waals surface area contributed by atoms with E-state index in [1.54, 1.807) is 0 Å². The molecule has 16 heavy (non-hydrogen) atoms. The topological polar surface area (TPSA) is 27.7 Å². The molecule has 2 unspecified atom stereocenters. The zero-order valence-corrected chi connectivity index (χ0v) is 13.0. The van der Waals surface area contributed by atoms with Crippen LogP contribution in [-0.2, 0) is 14.2 Å². The van der Waals surface area contributed by atoms with Crippen LogP contribution in [-0.4, -0.2) is 35.2 Å². The monoisotopic (exact) mass is 246 g/mol. The third-order valence-corrected chi connectivity index (χ3v) is 3.87. The maximum Gasteiger partial charge on any atom is 0.160 e. The van der Waals surface area contributed by atoms with Crippen molar-refractivity contribution in [2.45, 2.75) is 64.1 Å². The number of ether oxygens (including phenoxy) is 3. The number of hydrogen-bond donors (Lipinski definition) is 0. The van der Waals surface area contributed by atoms with Crippen LogP contribution in [0.4, 0.5) is 0 Å². The molecule has 1 fully saturated rings. The third-order valence-electron chi connectivity index (χ3n) is 2.85. The molecule has 0 aromatic carbocycles. The first-order valence-electron chi connectivity index (χ1n) is 6.63. The van der Waals surface area contributed by atoms with Gasteiger partial charge < -0.3 is 14.2 Å². The SMILES string of the molecule is CCCOC(CCC)OC1([SiH3])CCCCO1. The first-order chi connectivity index (χ1) is 7.70. The highest BCUT2D eigenvalue weighted by Gasteiger charge is 2.31. The largest absolute Gasteiger partial charge is 0.355 e. The van der Waals surface area contributed by atoms with Gasteiger partial charge >= 0.3 is 0 Å². The van der Waals surface area contributed by atoms with Gasteiger partial charge in [-0.25, -0.2) is 0 Å². The van der Waals surface area contributed by atoms with Crippen LogP contribution in [0.15, 0.2) is 0 Å². The van der Waals surface area contributed by atoms with E-state index < -0.39 is 0 Å². The Morgan fingerprint density at radius 3 is 2.69 bits per heavy atom. The molecule has 2 atom stereocenters. The van der Waals surface area contributed by atoms with E-state index >= 15 is 0 Å². The molecule has 0 N–H and O–H groups in total. The quantitative estimate of drug-likeness (QED) is 0.506. The lowest BCUT2D eigenvalue weighted by molar-refractivity contribution is -0.281. The van der Waals surface area contributed by atoms with Gasteiger partial charge in [-0.05, 0) is 32.1 Å². The van der Waals surface area contributed by atoms with Crippen molar-refractivity contribution in [3.63, 3.8) is 0 Å². The van der Waals surface area contributed by atoms with Crippen LogP contribution in [0, 0.1) is 0 Å². The van der Waals surface area contributed by atoms with Gasteiger partial charge in [0.1, 0.15) is 5.41 Å². The van der Waals surface area contributed by atoms with Gasteiger partial charge in [-0.3, -0.25) is 0 Å². The molecule has 0 amide bonds. The average Bonchev–Trinajstić information content (AvgIpc) is 2.27. The minimum atomic E-state index is -0.286. The summed E-state index contributed by atoms with van der Waals surface area (Å²) in [6.45, 7) is 5.90. The van der Waals surface area contributed by atoms with Gasteiger partial charge in [0.2, 0.25) is 0 Å². The summed E-state index contributed by atoms with van der Waals surface area (Å²) < 4.78 is 17.5. The fourth-order valence-corrected chi connectivity index (χ4v) is 2.76. The Morgan fingerprint density at radius 1 is 1.31 bits per heavy atom. The lowest BCUT2D eigenvalue weighted by Crippen LogP contribution is -2.43. The molecule has 0 aliphatic carbocycles. The molecular formula is C12H26O3Si. The van der Waals surface area contributed by atoms with Crippen LogP contribution < -0.4 is 0 Å². The fraction of sp³-hybridized carbons (Fsp3) is 1.00. The van der Waals surface area contributed by atoms with Crippen molar-refractivity contribution in [2.75, 3.05) is 13.2 Å². The molecule has 0 aromatic rings. The maximum absolute atomic E-state index is 6.04. The molecule has 96 valence electrons. The minimum Gasteiger partial charge on any atom is -0.355 e. The molecule has 1 heterocycles. The van der Waals surface area contributed by atoms with E-state index in [-0.39, 0.29) is 11.7 Å². The first-order valence-corrected chi connectivity index (χ1v) is 7.63. The van der Waals surface area contributed by atoms with Crippen LogP contribution >= 0.6 is 0 Å². The van der Waals surface area contributed by atoms with E-state index in [4.69, 9.17) is 14.2 Å². The molecule has 0 radical (unpaired) electrons. The van der Waals surface area contributed by atoms with E-state index in [1.807, 2.05) is 0 Å². The Labute approximate surface area is 102 Å². The van der Waals surface area contributed by atoms with Crippen molar-refractivity contribution in [3.8, 4) is 0 Å². The van der Waals surface area contributed by atoms with Crippen LogP contribution in [0.3, 0.4) is 0 Å². The summed E-state index contributed by atoms with van der Waals surface area (Å²) in [6, 6.07) is 0. The average molecular weight is 246 g/mol. The van der Waals surface area contributed by atoms with Gasteiger partial charge in [-0.2, -0.15) is 0 Å². The lowest BCUT2D eigenvalue weighted by atomic mass is 10.2. The molecular weight excluding hydrogens is 220 g/mol. The maximum atomic E-state index is 6.04. The Balaban J connectivity index is 2.38. The number of rotatable bonds is 7. The first kappa shape index (κ1) is 14.2. The smallest absolute Gasteiger partial charge is 0.160 e. The standard InChI is InChI=1S/C12H26O3Si/c1-3-7-11(13-9-4-2)15-12(16)8-5-6-10-14-12/h11H,3-10H2,1-2,16H3. The van der Waals surface area contributed by atoms with Crippen molar-refractivity contribution in [3.05, 3.63) is 0 Å². The molecule has 1 aliphatic rings. The Bertz CT molecular complexity index is 181. The summed E-state index contributed by atoms with van der Waals surface area (Å²) in [5, 5.41) is 0. The van der Waals surface area contributed by atoms with Crippen molar-refractivity contribution >= 4 is 10.2 Å². The molecule has 1 rings (SSSR count). The van der Waals surface area contributed by atoms with Crippen molar-refractivity contribution < 1.29 is 14.2 Å². The molecule has 3 nitrogen and oxygen atoms in total. The van der Waals surface area contributed by atoms with E-state index in [2.05, 4.69) is 13.8 Å². The predicted molar refractivity (Wildman–Crippen MR) is 68.5 cm³/mol. The van der Waals surface area contributed by atoms with Crippen LogP contribution in [0.1, 0.15) is 52.4 Å². The van der Waals surface area contributed by atoms with E-state index in [0.717, 1.165) is 49.1 Å². The molecule has 0 bridgehead atoms. The third kappa shape index (κ3) is 4.95. The van der Waals surface area contributed by atoms with Gasteiger partial charge in [-0.1, -0.05) is 20.3 Å². The predicted octanol–water partition coefficient (Wildman–Crippen LogP) is 1.78. The molecule has 0 spiro atoms. The number of hydrogen-bond acceptors (Lipinski definition) is 3. The Morgan fingerprint density at radius 2 is 2.12 bits per heavy atom. The molecule has 1 saturated heterocycles. The fourth-order valence-electron chi connectivity index (χ4n) is 1.94. The second-order valence-electron chi connectivity index (χ2n) is 4.65. The van der Waals surface area contributed by atoms with Gasteiger partial charge in [-0.15, -0.1) is 0 Å². The Hall–Kier alpha value is 0.0969. The second-order valence-corrected chi connectivity index (χ2v) is 6.17. The van der Waals surface area contributed by atoms with Gasteiger partial charge in [0.15, 0.2) is 6.29 Å². The Kier molecular flexibility index (Phi) is 6.57. The normalized spacial score (nSPS) is 28.1. The van der Waals surface area contributed by atoms with Crippen molar-refractivity contribution in [1.82, 2.24) is 0 Å².